The van der Waals surface area contributed by atoms with Crippen LogP contribution in [-0.2, 0) is 0 Å². The molecule has 1 aromatic heterocycles. The van der Waals surface area contributed by atoms with E-state index in [4.69, 9.17) is 21.6 Å². The predicted molar refractivity (Wildman–Crippen MR) is 67.1 cm³/mol. The summed E-state index contributed by atoms with van der Waals surface area (Å²) in [5, 5.41) is 19.3. The Labute approximate surface area is 117 Å². The van der Waals surface area contributed by atoms with E-state index >= 15 is 0 Å². The summed E-state index contributed by atoms with van der Waals surface area (Å²) < 4.78 is 18.6. The maximum Gasteiger partial charge on any atom is 0.289 e. The van der Waals surface area contributed by atoms with E-state index in [1.54, 1.807) is 6.07 Å². The van der Waals surface area contributed by atoms with Gasteiger partial charge in [-0.1, -0.05) is 17.7 Å². The Morgan fingerprint density at radius 2 is 2.25 bits per heavy atom. The lowest BCUT2D eigenvalue weighted by Crippen LogP contribution is -1.95. The van der Waals surface area contributed by atoms with Crippen LogP contribution in [0.25, 0.3) is 0 Å². The van der Waals surface area contributed by atoms with Gasteiger partial charge < -0.3 is 4.74 Å². The van der Waals surface area contributed by atoms with Gasteiger partial charge in [-0.3, -0.25) is 10.1 Å². The summed E-state index contributed by atoms with van der Waals surface area (Å²) in [4.78, 5) is 13.6. The molecule has 0 aliphatic carbocycles. The zero-order chi connectivity index (χ0) is 14.7. The van der Waals surface area contributed by atoms with Gasteiger partial charge in [-0.05, 0) is 12.1 Å². The monoisotopic (exact) mass is 293 g/mol. The lowest BCUT2D eigenvalue weighted by molar-refractivity contribution is -0.385. The first-order valence-electron chi connectivity index (χ1n) is 5.19. The molecular formula is C12H5ClFN3O3. The fourth-order valence-electron chi connectivity index (χ4n) is 1.39. The van der Waals surface area contributed by atoms with Gasteiger partial charge in [0.2, 0.25) is 5.88 Å². The molecule has 0 bridgehead atoms. The minimum atomic E-state index is -0.747. The summed E-state index contributed by atoms with van der Waals surface area (Å²) in [6.07, 6.45) is 0.951. The topological polar surface area (TPSA) is 89.0 Å². The Morgan fingerprint density at radius 3 is 2.85 bits per heavy atom. The van der Waals surface area contributed by atoms with Crippen LogP contribution < -0.4 is 4.74 Å². The lowest BCUT2D eigenvalue weighted by atomic mass is 10.2. The number of ether oxygens (including phenoxy) is 1. The van der Waals surface area contributed by atoms with Crippen LogP contribution >= 0.6 is 11.6 Å². The summed E-state index contributed by atoms with van der Waals surface area (Å²) >= 11 is 5.79. The van der Waals surface area contributed by atoms with Crippen molar-refractivity contribution in [1.29, 1.82) is 5.26 Å². The molecule has 0 spiro atoms. The highest BCUT2D eigenvalue weighted by atomic mass is 35.5. The number of pyridine rings is 1. The minimum Gasteiger partial charge on any atom is -0.436 e. The van der Waals surface area contributed by atoms with Crippen LogP contribution in [0, 0.1) is 27.3 Å². The molecule has 1 aromatic carbocycles. The maximum absolute atomic E-state index is 13.4. The molecule has 100 valence electrons. The summed E-state index contributed by atoms with van der Waals surface area (Å²) in [6, 6.07) is 6.53. The molecule has 0 fully saturated rings. The number of benzene rings is 1. The summed E-state index contributed by atoms with van der Waals surface area (Å²) in [5.74, 6) is -0.974. The predicted octanol–water partition coefficient (Wildman–Crippen LogP) is 3.45. The van der Waals surface area contributed by atoms with E-state index in [2.05, 4.69) is 4.98 Å². The number of halogens is 2. The SMILES string of the molecule is N#Cc1c(F)cccc1Oc1ncc([N+](=O)[O-])cc1Cl. The average Bonchev–Trinajstić information content (AvgIpc) is 2.41. The minimum absolute atomic E-state index is 0.0734. The quantitative estimate of drug-likeness (QED) is 0.638. The van der Waals surface area contributed by atoms with E-state index in [9.17, 15) is 14.5 Å². The molecule has 0 atom stereocenters. The number of hydrogen-bond acceptors (Lipinski definition) is 5. The van der Waals surface area contributed by atoms with Gasteiger partial charge in [0.15, 0.2) is 0 Å². The molecule has 1 heterocycles. The van der Waals surface area contributed by atoms with Gasteiger partial charge in [-0.2, -0.15) is 5.26 Å². The van der Waals surface area contributed by atoms with Gasteiger partial charge in [0.25, 0.3) is 5.69 Å². The summed E-state index contributed by atoms with van der Waals surface area (Å²) in [7, 11) is 0. The molecular weight excluding hydrogens is 289 g/mol. The van der Waals surface area contributed by atoms with Crippen molar-refractivity contribution < 1.29 is 14.1 Å². The number of hydrogen-bond donors (Lipinski definition) is 0. The standard InChI is InChI=1S/C12H5ClFN3O3/c13-9-4-7(17(18)19)6-16-12(9)20-11-3-1-2-10(14)8(11)5-15/h1-4,6H. The van der Waals surface area contributed by atoms with Crippen molar-refractivity contribution in [2.24, 2.45) is 0 Å². The van der Waals surface area contributed by atoms with Gasteiger partial charge in [0, 0.05) is 6.07 Å². The van der Waals surface area contributed by atoms with Crippen molar-refractivity contribution in [2.45, 2.75) is 0 Å². The molecule has 8 heteroatoms. The molecule has 2 aromatic rings. The van der Waals surface area contributed by atoms with E-state index in [0.29, 0.717) is 0 Å². The third-order valence-electron chi connectivity index (χ3n) is 2.30. The molecule has 0 unspecified atom stereocenters. The van der Waals surface area contributed by atoms with Crippen LogP contribution in [0.5, 0.6) is 11.6 Å². The van der Waals surface area contributed by atoms with Gasteiger partial charge in [0.05, 0.1) is 4.92 Å². The van der Waals surface area contributed by atoms with Crippen molar-refractivity contribution in [2.75, 3.05) is 0 Å². The number of nitriles is 1. The van der Waals surface area contributed by atoms with Crippen LogP contribution in [-0.4, -0.2) is 9.91 Å². The Hall–Kier alpha value is -2.72. The van der Waals surface area contributed by atoms with Crippen LogP contribution in [0.1, 0.15) is 5.56 Å². The number of nitrogens with zero attached hydrogens (tertiary/aromatic N) is 3. The fourth-order valence-corrected chi connectivity index (χ4v) is 1.59. The van der Waals surface area contributed by atoms with Gasteiger partial charge in [-0.15, -0.1) is 0 Å². The lowest BCUT2D eigenvalue weighted by Gasteiger charge is -2.07. The summed E-state index contributed by atoms with van der Waals surface area (Å²) in [6.45, 7) is 0. The molecule has 0 saturated heterocycles. The second-order valence-electron chi connectivity index (χ2n) is 3.56. The van der Waals surface area contributed by atoms with Crippen LogP contribution in [0.4, 0.5) is 10.1 Å². The van der Waals surface area contributed by atoms with Crippen molar-refractivity contribution >= 4 is 17.3 Å². The largest absolute Gasteiger partial charge is 0.436 e. The van der Waals surface area contributed by atoms with E-state index in [0.717, 1.165) is 18.3 Å². The van der Waals surface area contributed by atoms with Crippen LogP contribution in [0.15, 0.2) is 30.5 Å². The highest BCUT2D eigenvalue weighted by molar-refractivity contribution is 6.32. The van der Waals surface area contributed by atoms with E-state index in [1.807, 2.05) is 0 Å². The first-order valence-corrected chi connectivity index (χ1v) is 5.57. The normalized spacial score (nSPS) is 9.85. The van der Waals surface area contributed by atoms with E-state index in [-0.39, 0.29) is 27.9 Å². The molecule has 0 radical (unpaired) electrons. The Morgan fingerprint density at radius 1 is 1.50 bits per heavy atom. The van der Waals surface area contributed by atoms with Gasteiger partial charge in [-0.25, -0.2) is 9.37 Å². The van der Waals surface area contributed by atoms with E-state index < -0.39 is 10.7 Å². The number of aromatic nitrogens is 1. The highest BCUT2D eigenvalue weighted by Gasteiger charge is 2.15. The van der Waals surface area contributed by atoms with Gasteiger partial charge in [0.1, 0.15) is 34.4 Å². The Kier molecular flexibility index (Phi) is 3.77. The van der Waals surface area contributed by atoms with Crippen LogP contribution in [0.3, 0.4) is 0 Å². The fraction of sp³-hybridized carbons (Fsp3) is 0. The molecule has 0 aliphatic heterocycles. The molecule has 0 amide bonds. The maximum atomic E-state index is 13.4. The molecule has 20 heavy (non-hydrogen) atoms. The molecule has 0 N–H and O–H groups in total. The first kappa shape index (κ1) is 13.7. The van der Waals surface area contributed by atoms with Crippen molar-refractivity contribution in [3.05, 3.63) is 57.0 Å². The van der Waals surface area contributed by atoms with Crippen LogP contribution in [0.2, 0.25) is 5.02 Å². The van der Waals surface area contributed by atoms with E-state index in [1.165, 1.54) is 12.1 Å². The summed E-state index contributed by atoms with van der Waals surface area (Å²) in [5.41, 5.74) is -0.606. The molecule has 6 nitrogen and oxygen atoms in total. The molecule has 0 aliphatic rings. The third kappa shape index (κ3) is 2.65. The zero-order valence-corrected chi connectivity index (χ0v) is 10.5. The highest BCUT2D eigenvalue weighted by Crippen LogP contribution is 2.31. The third-order valence-corrected chi connectivity index (χ3v) is 2.57. The second-order valence-corrected chi connectivity index (χ2v) is 3.97. The van der Waals surface area contributed by atoms with Crippen molar-refractivity contribution in [1.82, 2.24) is 4.98 Å². The molecule has 0 saturated carbocycles. The molecule has 2 rings (SSSR count). The van der Waals surface area contributed by atoms with Crippen molar-refractivity contribution in [3.8, 4) is 17.7 Å². The first-order chi connectivity index (χ1) is 9.52. The van der Waals surface area contributed by atoms with Crippen molar-refractivity contribution in [3.63, 3.8) is 0 Å². The second kappa shape index (κ2) is 5.50. The number of rotatable bonds is 3. The zero-order valence-electron chi connectivity index (χ0n) is 9.71. The Bertz CT molecular complexity index is 730. The smallest absolute Gasteiger partial charge is 0.289 e. The number of nitro groups is 1. The average molecular weight is 294 g/mol. The Balaban J connectivity index is 2.39. The van der Waals surface area contributed by atoms with Gasteiger partial charge >= 0.3 is 0 Å².